The van der Waals surface area contributed by atoms with Gasteiger partial charge < -0.3 is 14.0 Å². The molecule has 0 aromatic carbocycles. The lowest BCUT2D eigenvalue weighted by Crippen LogP contribution is -2.14. The van der Waals surface area contributed by atoms with Gasteiger partial charge in [-0.3, -0.25) is 4.98 Å². The van der Waals surface area contributed by atoms with E-state index < -0.39 is 0 Å². The summed E-state index contributed by atoms with van der Waals surface area (Å²) in [5, 5.41) is 0. The number of carbonyl (C=O) groups is 1. The van der Waals surface area contributed by atoms with Crippen molar-refractivity contribution in [2.45, 2.75) is 0 Å². The molecule has 5 heteroatoms. The summed E-state index contributed by atoms with van der Waals surface area (Å²) >= 11 is 0. The lowest BCUT2D eigenvalue weighted by molar-refractivity contribution is 0.0439. The molecule has 18 heavy (non-hydrogen) atoms. The van der Waals surface area contributed by atoms with Crippen LogP contribution in [0, 0.1) is 0 Å². The first-order valence-electron chi connectivity index (χ1n) is 5.58. The Balaban J connectivity index is 1.73. The standard InChI is InChI=1S/C13H14N2O3/c1-15-7-3-5-12(15)13(16)18-9-8-17-11-4-2-6-14-10-11/h2-7,10H,8-9H2,1H3. The Hall–Kier alpha value is -2.30. The number of ether oxygens (including phenoxy) is 2. The van der Waals surface area contributed by atoms with Crippen molar-refractivity contribution in [2.24, 2.45) is 7.05 Å². The van der Waals surface area contributed by atoms with Crippen molar-refractivity contribution >= 4 is 5.97 Å². The smallest absolute Gasteiger partial charge is 0.355 e. The van der Waals surface area contributed by atoms with Crippen LogP contribution in [0.5, 0.6) is 5.75 Å². The van der Waals surface area contributed by atoms with Crippen molar-refractivity contribution in [2.75, 3.05) is 13.2 Å². The van der Waals surface area contributed by atoms with Crippen molar-refractivity contribution in [3.63, 3.8) is 0 Å². The fourth-order valence-corrected chi connectivity index (χ4v) is 1.47. The van der Waals surface area contributed by atoms with Crippen LogP contribution in [0.15, 0.2) is 42.9 Å². The number of hydrogen-bond acceptors (Lipinski definition) is 4. The van der Waals surface area contributed by atoms with Gasteiger partial charge in [0.25, 0.3) is 0 Å². The molecule has 0 aliphatic carbocycles. The van der Waals surface area contributed by atoms with Crippen molar-refractivity contribution in [1.82, 2.24) is 9.55 Å². The van der Waals surface area contributed by atoms with Crippen LogP contribution < -0.4 is 4.74 Å². The molecule has 0 saturated carbocycles. The first-order valence-corrected chi connectivity index (χ1v) is 5.58. The highest BCUT2D eigenvalue weighted by Gasteiger charge is 2.09. The average molecular weight is 246 g/mol. The Labute approximate surface area is 105 Å². The first kappa shape index (κ1) is 12.2. The zero-order valence-electron chi connectivity index (χ0n) is 10.1. The number of aryl methyl sites for hydroxylation is 1. The van der Waals surface area contributed by atoms with Crippen molar-refractivity contribution in [1.29, 1.82) is 0 Å². The van der Waals surface area contributed by atoms with E-state index in [2.05, 4.69) is 4.98 Å². The minimum atomic E-state index is -0.350. The lowest BCUT2D eigenvalue weighted by Gasteiger charge is -2.07. The molecule has 0 saturated heterocycles. The van der Waals surface area contributed by atoms with Crippen molar-refractivity contribution in [3.8, 4) is 5.75 Å². The van der Waals surface area contributed by atoms with Gasteiger partial charge in [-0.25, -0.2) is 4.79 Å². The zero-order valence-corrected chi connectivity index (χ0v) is 10.1. The Morgan fingerprint density at radius 1 is 1.33 bits per heavy atom. The number of carbonyl (C=O) groups excluding carboxylic acids is 1. The molecule has 0 atom stereocenters. The quantitative estimate of drug-likeness (QED) is 0.594. The van der Waals surface area contributed by atoms with E-state index in [1.165, 1.54) is 0 Å². The van der Waals surface area contributed by atoms with Crippen LogP contribution in [-0.4, -0.2) is 28.7 Å². The first-order chi connectivity index (χ1) is 8.77. The van der Waals surface area contributed by atoms with E-state index >= 15 is 0 Å². The molecule has 2 heterocycles. The van der Waals surface area contributed by atoms with Crippen molar-refractivity contribution < 1.29 is 14.3 Å². The summed E-state index contributed by atoms with van der Waals surface area (Å²) in [6, 6.07) is 7.09. The number of hydrogen-bond donors (Lipinski definition) is 0. The number of pyridine rings is 1. The largest absolute Gasteiger partial charge is 0.488 e. The fraction of sp³-hybridized carbons (Fsp3) is 0.231. The summed E-state index contributed by atoms with van der Waals surface area (Å²) in [5.74, 6) is 0.310. The van der Waals surface area contributed by atoms with E-state index in [4.69, 9.17) is 9.47 Å². The molecule has 0 aliphatic heterocycles. The van der Waals surface area contributed by atoms with Gasteiger partial charge in [0.1, 0.15) is 24.7 Å². The van der Waals surface area contributed by atoms with Crippen LogP contribution in [-0.2, 0) is 11.8 Å². The second-order valence-corrected chi connectivity index (χ2v) is 3.68. The van der Waals surface area contributed by atoms with Crippen LogP contribution in [0.25, 0.3) is 0 Å². The third-order valence-corrected chi connectivity index (χ3v) is 2.37. The summed E-state index contributed by atoms with van der Waals surface area (Å²) < 4.78 is 12.2. The highest BCUT2D eigenvalue weighted by Crippen LogP contribution is 2.06. The van der Waals surface area contributed by atoms with Gasteiger partial charge in [-0.15, -0.1) is 0 Å². The lowest BCUT2D eigenvalue weighted by atomic mass is 10.4. The maximum atomic E-state index is 11.6. The van der Waals surface area contributed by atoms with Gasteiger partial charge in [0.05, 0.1) is 6.20 Å². The van der Waals surface area contributed by atoms with E-state index in [1.54, 1.807) is 54.5 Å². The number of aromatic nitrogens is 2. The SMILES string of the molecule is Cn1cccc1C(=O)OCCOc1cccnc1. The van der Waals surface area contributed by atoms with Gasteiger partial charge >= 0.3 is 5.97 Å². The molecular weight excluding hydrogens is 232 g/mol. The maximum Gasteiger partial charge on any atom is 0.355 e. The minimum Gasteiger partial charge on any atom is -0.488 e. The van der Waals surface area contributed by atoms with Crippen LogP contribution >= 0.6 is 0 Å². The molecule has 0 spiro atoms. The van der Waals surface area contributed by atoms with Crippen LogP contribution in [0.1, 0.15) is 10.5 Å². The molecule has 94 valence electrons. The monoisotopic (exact) mass is 246 g/mol. The summed E-state index contributed by atoms with van der Waals surface area (Å²) in [6.07, 6.45) is 5.07. The van der Waals surface area contributed by atoms with E-state index in [1.807, 2.05) is 0 Å². The Morgan fingerprint density at radius 2 is 2.22 bits per heavy atom. The number of nitrogens with zero attached hydrogens (tertiary/aromatic N) is 2. The molecule has 0 bridgehead atoms. The third-order valence-electron chi connectivity index (χ3n) is 2.37. The molecule has 2 rings (SSSR count). The molecule has 0 N–H and O–H groups in total. The topological polar surface area (TPSA) is 53.4 Å². The Bertz CT molecular complexity index is 508. The summed E-state index contributed by atoms with van der Waals surface area (Å²) in [7, 11) is 1.79. The van der Waals surface area contributed by atoms with E-state index in [-0.39, 0.29) is 12.6 Å². The third kappa shape index (κ3) is 3.10. The predicted octanol–water partition coefficient (Wildman–Crippen LogP) is 1.66. The molecule has 2 aromatic rings. The van der Waals surface area contributed by atoms with Crippen molar-refractivity contribution in [3.05, 3.63) is 48.5 Å². The van der Waals surface area contributed by atoms with Crippen LogP contribution in [0.3, 0.4) is 0 Å². The second kappa shape index (κ2) is 5.86. The summed E-state index contributed by atoms with van der Waals surface area (Å²) in [5.41, 5.74) is 0.524. The highest BCUT2D eigenvalue weighted by atomic mass is 16.6. The fourth-order valence-electron chi connectivity index (χ4n) is 1.47. The second-order valence-electron chi connectivity index (χ2n) is 3.68. The normalized spacial score (nSPS) is 10.1. The van der Waals surface area contributed by atoms with Gasteiger partial charge in [0, 0.05) is 19.4 Å². The van der Waals surface area contributed by atoms with Gasteiger partial charge in [-0.05, 0) is 24.3 Å². The Morgan fingerprint density at radius 3 is 2.89 bits per heavy atom. The molecular formula is C13H14N2O3. The van der Waals surface area contributed by atoms with Crippen LogP contribution in [0.2, 0.25) is 0 Å². The molecule has 0 radical (unpaired) electrons. The zero-order chi connectivity index (χ0) is 12.8. The average Bonchev–Trinajstić information content (AvgIpc) is 2.82. The number of esters is 1. The Kier molecular flexibility index (Phi) is 3.96. The van der Waals surface area contributed by atoms with Crippen LogP contribution in [0.4, 0.5) is 0 Å². The molecule has 0 aliphatic rings. The van der Waals surface area contributed by atoms with E-state index in [0.29, 0.717) is 18.1 Å². The molecule has 0 amide bonds. The minimum absolute atomic E-state index is 0.207. The molecule has 0 fully saturated rings. The van der Waals surface area contributed by atoms with E-state index in [9.17, 15) is 4.79 Å². The molecule has 5 nitrogen and oxygen atoms in total. The van der Waals surface area contributed by atoms with Gasteiger partial charge in [-0.2, -0.15) is 0 Å². The number of rotatable bonds is 5. The maximum absolute atomic E-state index is 11.6. The summed E-state index contributed by atoms with van der Waals surface area (Å²) in [6.45, 7) is 0.515. The van der Waals surface area contributed by atoms with Gasteiger partial charge in [-0.1, -0.05) is 0 Å². The van der Waals surface area contributed by atoms with Gasteiger partial charge in [0.15, 0.2) is 0 Å². The van der Waals surface area contributed by atoms with Gasteiger partial charge in [0.2, 0.25) is 0 Å². The highest BCUT2D eigenvalue weighted by molar-refractivity contribution is 5.87. The predicted molar refractivity (Wildman–Crippen MR) is 65.4 cm³/mol. The van der Waals surface area contributed by atoms with E-state index in [0.717, 1.165) is 0 Å². The summed E-state index contributed by atoms with van der Waals surface area (Å²) in [4.78, 5) is 15.5. The molecule has 0 unspecified atom stereocenters. The molecule has 2 aromatic heterocycles.